The third-order valence-corrected chi connectivity index (χ3v) is 3.44. The molecule has 0 aromatic carbocycles. The number of carbonyl (C=O) groups is 1. The lowest BCUT2D eigenvalue weighted by Gasteiger charge is -2.36. The molecule has 0 fully saturated rings. The van der Waals surface area contributed by atoms with Crippen LogP contribution in [0.15, 0.2) is 5.16 Å². The number of rotatable bonds is 6. The monoisotopic (exact) mass is 243 g/mol. The van der Waals surface area contributed by atoms with E-state index in [2.05, 4.69) is 5.16 Å². The Kier molecular flexibility index (Phi) is 5.99. The molecular formula is C12H25N3O2. The Labute approximate surface area is 104 Å². The second-order valence-corrected chi connectivity index (χ2v) is 4.46. The van der Waals surface area contributed by atoms with Crippen molar-refractivity contribution in [2.24, 2.45) is 16.3 Å². The Morgan fingerprint density at radius 1 is 1.35 bits per heavy atom. The molecule has 0 aromatic rings. The summed E-state index contributed by atoms with van der Waals surface area (Å²) in [5.74, 6) is -0.0538. The van der Waals surface area contributed by atoms with Gasteiger partial charge in [0.2, 0.25) is 5.91 Å². The fourth-order valence-corrected chi connectivity index (χ4v) is 2.14. The number of hydrogen-bond acceptors (Lipinski definition) is 3. The third-order valence-electron chi connectivity index (χ3n) is 3.44. The van der Waals surface area contributed by atoms with Crippen LogP contribution in [0.1, 0.15) is 47.5 Å². The Morgan fingerprint density at radius 3 is 2.06 bits per heavy atom. The maximum absolute atomic E-state index is 12.6. The van der Waals surface area contributed by atoms with Crippen molar-refractivity contribution in [3.05, 3.63) is 0 Å². The lowest BCUT2D eigenvalue weighted by atomic mass is 9.79. The molecule has 0 atom stereocenters. The molecule has 0 saturated heterocycles. The van der Waals surface area contributed by atoms with Crippen LogP contribution >= 0.6 is 0 Å². The molecule has 0 bridgehead atoms. The van der Waals surface area contributed by atoms with Gasteiger partial charge in [0, 0.05) is 12.6 Å². The van der Waals surface area contributed by atoms with Crippen LogP contribution in [0.2, 0.25) is 0 Å². The predicted molar refractivity (Wildman–Crippen MR) is 68.9 cm³/mol. The first kappa shape index (κ1) is 15.7. The van der Waals surface area contributed by atoms with E-state index in [1.165, 1.54) is 0 Å². The summed E-state index contributed by atoms with van der Waals surface area (Å²) in [6.45, 7) is 10.2. The Bertz CT molecular complexity index is 283. The molecule has 0 radical (unpaired) electrons. The molecule has 5 nitrogen and oxygen atoms in total. The van der Waals surface area contributed by atoms with Crippen LogP contribution in [-0.2, 0) is 4.79 Å². The SMILES string of the molecule is CCN(C(=O)C(CC)(CC)C(N)=NO)C(C)C. The van der Waals surface area contributed by atoms with Crippen molar-refractivity contribution in [2.45, 2.75) is 53.5 Å². The minimum absolute atomic E-state index is 0.00611. The Morgan fingerprint density at radius 2 is 1.82 bits per heavy atom. The van der Waals surface area contributed by atoms with Crippen molar-refractivity contribution in [3.63, 3.8) is 0 Å². The first-order valence-corrected chi connectivity index (χ1v) is 6.20. The highest BCUT2D eigenvalue weighted by Crippen LogP contribution is 2.30. The Balaban J connectivity index is 5.40. The predicted octanol–water partition coefficient (Wildman–Crippen LogP) is 1.80. The van der Waals surface area contributed by atoms with Gasteiger partial charge in [-0.05, 0) is 33.6 Å². The fourth-order valence-electron chi connectivity index (χ4n) is 2.14. The van der Waals surface area contributed by atoms with Crippen molar-refractivity contribution in [1.29, 1.82) is 0 Å². The van der Waals surface area contributed by atoms with E-state index >= 15 is 0 Å². The van der Waals surface area contributed by atoms with Gasteiger partial charge in [0.1, 0.15) is 5.41 Å². The summed E-state index contributed by atoms with van der Waals surface area (Å²) in [5, 5.41) is 11.9. The van der Waals surface area contributed by atoms with Crippen LogP contribution in [0.5, 0.6) is 0 Å². The highest BCUT2D eigenvalue weighted by Gasteiger charge is 2.42. The first-order chi connectivity index (χ1) is 7.91. The second-order valence-electron chi connectivity index (χ2n) is 4.46. The summed E-state index contributed by atoms with van der Waals surface area (Å²) in [6.07, 6.45) is 1.06. The Hall–Kier alpha value is -1.26. The van der Waals surface area contributed by atoms with E-state index < -0.39 is 5.41 Å². The van der Waals surface area contributed by atoms with Crippen molar-refractivity contribution in [1.82, 2.24) is 4.90 Å². The van der Waals surface area contributed by atoms with E-state index in [9.17, 15) is 4.79 Å². The molecule has 0 unspecified atom stereocenters. The van der Waals surface area contributed by atoms with Gasteiger partial charge < -0.3 is 15.8 Å². The number of amides is 1. The van der Waals surface area contributed by atoms with Gasteiger partial charge in [0.25, 0.3) is 0 Å². The van der Waals surface area contributed by atoms with Gasteiger partial charge in [-0.2, -0.15) is 0 Å². The van der Waals surface area contributed by atoms with E-state index in [1.54, 1.807) is 4.90 Å². The highest BCUT2D eigenvalue weighted by molar-refractivity contribution is 6.06. The second kappa shape index (κ2) is 6.47. The van der Waals surface area contributed by atoms with E-state index in [0.29, 0.717) is 19.4 Å². The summed E-state index contributed by atoms with van der Waals surface area (Å²) in [7, 11) is 0. The summed E-state index contributed by atoms with van der Waals surface area (Å²) in [6, 6.07) is 0.108. The highest BCUT2D eigenvalue weighted by atomic mass is 16.4. The standard InChI is InChI=1S/C12H25N3O2/c1-6-12(7-2,10(13)14-17)11(16)15(8-3)9(4)5/h9,17H,6-8H2,1-5H3,(H2,13,14). The first-order valence-electron chi connectivity index (χ1n) is 6.20. The number of amidine groups is 1. The van der Waals surface area contributed by atoms with Crippen LogP contribution in [-0.4, -0.2) is 34.4 Å². The molecule has 17 heavy (non-hydrogen) atoms. The molecule has 0 aliphatic heterocycles. The number of nitrogens with two attached hydrogens (primary N) is 1. The quantitative estimate of drug-likeness (QED) is 0.323. The number of hydrogen-bond donors (Lipinski definition) is 2. The van der Waals surface area contributed by atoms with Gasteiger partial charge in [-0.3, -0.25) is 4.79 Å². The van der Waals surface area contributed by atoms with Gasteiger partial charge in [0.15, 0.2) is 5.84 Å². The van der Waals surface area contributed by atoms with Crippen molar-refractivity contribution in [2.75, 3.05) is 6.54 Å². The summed E-state index contributed by atoms with van der Waals surface area (Å²) in [5.41, 5.74) is 4.84. The zero-order valence-electron chi connectivity index (χ0n) is 11.5. The zero-order valence-corrected chi connectivity index (χ0v) is 11.5. The normalized spacial score (nSPS) is 12.9. The lowest BCUT2D eigenvalue weighted by molar-refractivity contribution is -0.140. The van der Waals surface area contributed by atoms with Gasteiger partial charge in [0.05, 0.1) is 0 Å². The molecule has 0 spiro atoms. The molecule has 1 amide bonds. The van der Waals surface area contributed by atoms with Crippen LogP contribution in [0, 0.1) is 5.41 Å². The molecule has 0 aliphatic carbocycles. The van der Waals surface area contributed by atoms with E-state index in [4.69, 9.17) is 10.9 Å². The summed E-state index contributed by atoms with van der Waals surface area (Å²) in [4.78, 5) is 14.3. The van der Waals surface area contributed by atoms with Gasteiger partial charge in [-0.25, -0.2) is 0 Å². The van der Waals surface area contributed by atoms with Crippen molar-refractivity contribution in [3.8, 4) is 0 Å². The van der Waals surface area contributed by atoms with Crippen molar-refractivity contribution >= 4 is 11.7 Å². The minimum Gasteiger partial charge on any atom is -0.409 e. The van der Waals surface area contributed by atoms with E-state index in [-0.39, 0.29) is 17.8 Å². The average Bonchev–Trinajstić information content (AvgIpc) is 2.31. The van der Waals surface area contributed by atoms with Crippen LogP contribution < -0.4 is 5.73 Å². The summed E-state index contributed by atoms with van der Waals surface area (Å²) >= 11 is 0. The smallest absolute Gasteiger partial charge is 0.236 e. The number of oxime groups is 1. The molecule has 3 N–H and O–H groups in total. The average molecular weight is 243 g/mol. The molecule has 0 heterocycles. The molecule has 0 rings (SSSR count). The lowest BCUT2D eigenvalue weighted by Crippen LogP contribution is -2.52. The number of nitrogens with zero attached hydrogens (tertiary/aromatic N) is 2. The third kappa shape index (κ3) is 2.90. The fraction of sp³-hybridized carbons (Fsp3) is 0.833. The van der Waals surface area contributed by atoms with Gasteiger partial charge in [-0.1, -0.05) is 19.0 Å². The van der Waals surface area contributed by atoms with Crippen LogP contribution in [0.4, 0.5) is 0 Å². The zero-order chi connectivity index (χ0) is 13.6. The summed E-state index contributed by atoms with van der Waals surface area (Å²) < 4.78 is 0. The molecule has 0 aliphatic rings. The van der Waals surface area contributed by atoms with Gasteiger partial charge >= 0.3 is 0 Å². The molecule has 0 saturated carbocycles. The van der Waals surface area contributed by atoms with Crippen LogP contribution in [0.3, 0.4) is 0 Å². The van der Waals surface area contributed by atoms with E-state index in [1.807, 2.05) is 34.6 Å². The van der Waals surface area contributed by atoms with E-state index in [0.717, 1.165) is 0 Å². The maximum Gasteiger partial charge on any atom is 0.236 e. The van der Waals surface area contributed by atoms with Gasteiger partial charge in [-0.15, -0.1) is 0 Å². The number of carbonyl (C=O) groups excluding carboxylic acids is 1. The molecular weight excluding hydrogens is 218 g/mol. The molecule has 5 heteroatoms. The van der Waals surface area contributed by atoms with Crippen molar-refractivity contribution < 1.29 is 10.0 Å². The maximum atomic E-state index is 12.6. The van der Waals surface area contributed by atoms with Crippen LogP contribution in [0.25, 0.3) is 0 Å². The largest absolute Gasteiger partial charge is 0.409 e. The topological polar surface area (TPSA) is 78.9 Å². The molecule has 100 valence electrons. The molecule has 0 aromatic heterocycles. The minimum atomic E-state index is -0.880.